The van der Waals surface area contributed by atoms with Crippen LogP contribution in [0.5, 0.6) is 0 Å². The number of likely N-dealkylation sites (tertiary alicyclic amines) is 2. The van der Waals surface area contributed by atoms with Gasteiger partial charge in [0.05, 0.1) is 12.0 Å². The van der Waals surface area contributed by atoms with E-state index < -0.39 is 5.60 Å². The van der Waals surface area contributed by atoms with Crippen LogP contribution >= 0.6 is 0 Å². The van der Waals surface area contributed by atoms with Gasteiger partial charge in [-0.05, 0) is 43.7 Å². The lowest BCUT2D eigenvalue weighted by Crippen LogP contribution is -2.50. The van der Waals surface area contributed by atoms with Crippen molar-refractivity contribution in [2.45, 2.75) is 57.1 Å². The van der Waals surface area contributed by atoms with Crippen molar-refractivity contribution in [3.8, 4) is 0 Å². The lowest BCUT2D eigenvalue weighted by Gasteiger charge is -2.38. The van der Waals surface area contributed by atoms with Crippen LogP contribution in [-0.4, -0.2) is 76.1 Å². The van der Waals surface area contributed by atoms with Crippen LogP contribution in [0.3, 0.4) is 0 Å². The fourth-order valence-corrected chi connectivity index (χ4v) is 4.31. The van der Waals surface area contributed by atoms with Crippen LogP contribution in [0.4, 0.5) is 0 Å². The summed E-state index contributed by atoms with van der Waals surface area (Å²) in [5.74, 6) is 0.130. The Bertz CT molecular complexity index is 661. The highest BCUT2D eigenvalue weighted by molar-refractivity contribution is 5.78. The minimum Gasteiger partial charge on any atom is -0.388 e. The molecule has 7 nitrogen and oxygen atoms in total. The van der Waals surface area contributed by atoms with Gasteiger partial charge in [0.1, 0.15) is 0 Å². The Morgan fingerprint density at radius 1 is 1.25 bits per heavy atom. The van der Waals surface area contributed by atoms with Gasteiger partial charge in [-0.3, -0.25) is 14.6 Å². The first-order valence-corrected chi connectivity index (χ1v) is 10.3. The fraction of sp³-hybridized carbons (Fsp3) is 0.667. The van der Waals surface area contributed by atoms with Gasteiger partial charge in [-0.15, -0.1) is 0 Å². The summed E-state index contributed by atoms with van der Waals surface area (Å²) in [5, 5.41) is 14.1. The van der Waals surface area contributed by atoms with Crippen LogP contribution in [0.2, 0.25) is 0 Å². The SMILES string of the molecule is CC(=O)NC1CCN(C[C@]2(O)CCCN(C(=O)Cc3cccnc3)CC2)CC1. The smallest absolute Gasteiger partial charge is 0.227 e. The third kappa shape index (κ3) is 6.01. The van der Waals surface area contributed by atoms with Gasteiger partial charge in [0.25, 0.3) is 0 Å². The highest BCUT2D eigenvalue weighted by Crippen LogP contribution is 2.25. The Morgan fingerprint density at radius 2 is 2.04 bits per heavy atom. The van der Waals surface area contributed by atoms with Gasteiger partial charge in [-0.2, -0.15) is 0 Å². The first-order valence-electron chi connectivity index (χ1n) is 10.3. The Kier molecular flexibility index (Phi) is 7.02. The van der Waals surface area contributed by atoms with E-state index in [-0.39, 0.29) is 17.9 Å². The number of amides is 2. The van der Waals surface area contributed by atoms with Gasteiger partial charge >= 0.3 is 0 Å². The number of hydrogen-bond acceptors (Lipinski definition) is 5. The number of hydrogen-bond donors (Lipinski definition) is 2. The third-order valence-corrected chi connectivity index (χ3v) is 5.86. The predicted molar refractivity (Wildman–Crippen MR) is 107 cm³/mol. The van der Waals surface area contributed by atoms with E-state index in [0.717, 1.165) is 44.3 Å². The van der Waals surface area contributed by atoms with Crippen LogP contribution in [0.15, 0.2) is 24.5 Å². The number of β-amino-alcohol motifs (C(OH)–C–C–N with tert-alkyl or cyclic N) is 1. The zero-order chi connectivity index (χ0) is 20.0. The van der Waals surface area contributed by atoms with Crippen molar-refractivity contribution in [3.63, 3.8) is 0 Å². The molecular weight excluding hydrogens is 356 g/mol. The van der Waals surface area contributed by atoms with E-state index >= 15 is 0 Å². The van der Waals surface area contributed by atoms with E-state index in [4.69, 9.17) is 0 Å². The maximum absolute atomic E-state index is 12.6. The number of pyridine rings is 1. The van der Waals surface area contributed by atoms with E-state index in [9.17, 15) is 14.7 Å². The number of carbonyl (C=O) groups is 2. The average molecular weight is 389 g/mol. The second-order valence-electron chi connectivity index (χ2n) is 8.25. The lowest BCUT2D eigenvalue weighted by molar-refractivity contribution is -0.130. The molecule has 7 heteroatoms. The summed E-state index contributed by atoms with van der Waals surface area (Å²) in [6.45, 7) is 5.27. The zero-order valence-electron chi connectivity index (χ0n) is 16.8. The minimum absolute atomic E-state index is 0.0249. The second kappa shape index (κ2) is 9.47. The van der Waals surface area contributed by atoms with Crippen LogP contribution in [0.1, 0.15) is 44.6 Å². The maximum Gasteiger partial charge on any atom is 0.227 e. The molecule has 0 radical (unpaired) electrons. The van der Waals surface area contributed by atoms with Gasteiger partial charge < -0.3 is 20.2 Å². The first kappa shape index (κ1) is 20.7. The van der Waals surface area contributed by atoms with E-state index in [1.54, 1.807) is 19.3 Å². The largest absolute Gasteiger partial charge is 0.388 e. The number of nitrogens with one attached hydrogen (secondary N) is 1. The molecule has 0 aromatic carbocycles. The van der Waals surface area contributed by atoms with Gasteiger partial charge in [0.2, 0.25) is 11.8 Å². The molecule has 2 fully saturated rings. The van der Waals surface area contributed by atoms with Gasteiger partial charge in [-0.1, -0.05) is 6.07 Å². The number of piperidine rings is 1. The Labute approximate surface area is 167 Å². The molecule has 0 unspecified atom stereocenters. The molecule has 1 aromatic rings. The molecule has 2 aliphatic rings. The van der Waals surface area contributed by atoms with Crippen molar-refractivity contribution in [2.75, 3.05) is 32.7 Å². The van der Waals surface area contributed by atoms with E-state index in [2.05, 4.69) is 15.2 Å². The highest BCUT2D eigenvalue weighted by Gasteiger charge is 2.34. The summed E-state index contributed by atoms with van der Waals surface area (Å²) < 4.78 is 0. The molecule has 2 amide bonds. The molecule has 1 atom stereocenters. The molecule has 0 saturated carbocycles. The molecule has 2 saturated heterocycles. The van der Waals surface area contributed by atoms with Crippen LogP contribution in [0.25, 0.3) is 0 Å². The molecule has 3 rings (SSSR count). The van der Waals surface area contributed by atoms with Crippen molar-refractivity contribution in [1.82, 2.24) is 20.1 Å². The van der Waals surface area contributed by atoms with Gasteiger partial charge in [0, 0.05) is 58.1 Å². The van der Waals surface area contributed by atoms with Crippen LogP contribution in [0, 0.1) is 0 Å². The molecule has 0 spiro atoms. The first-order chi connectivity index (χ1) is 13.4. The second-order valence-corrected chi connectivity index (χ2v) is 8.25. The minimum atomic E-state index is -0.746. The van der Waals surface area contributed by atoms with Crippen molar-refractivity contribution in [2.24, 2.45) is 0 Å². The number of nitrogens with zero attached hydrogens (tertiary/aromatic N) is 3. The Hall–Kier alpha value is -1.99. The van der Waals surface area contributed by atoms with Crippen molar-refractivity contribution in [3.05, 3.63) is 30.1 Å². The highest BCUT2D eigenvalue weighted by atomic mass is 16.3. The van der Waals surface area contributed by atoms with Gasteiger partial charge in [-0.25, -0.2) is 0 Å². The average Bonchev–Trinajstić information content (AvgIpc) is 2.86. The van der Waals surface area contributed by atoms with E-state index in [1.165, 1.54) is 0 Å². The van der Waals surface area contributed by atoms with Crippen molar-refractivity contribution in [1.29, 1.82) is 0 Å². The molecule has 2 aliphatic heterocycles. The summed E-state index contributed by atoms with van der Waals surface area (Å²) in [4.78, 5) is 32.1. The quantitative estimate of drug-likeness (QED) is 0.785. The van der Waals surface area contributed by atoms with Crippen LogP contribution < -0.4 is 5.32 Å². The van der Waals surface area contributed by atoms with Crippen molar-refractivity contribution >= 4 is 11.8 Å². The molecule has 2 N–H and O–H groups in total. The zero-order valence-corrected chi connectivity index (χ0v) is 16.8. The molecule has 0 aliphatic carbocycles. The summed E-state index contributed by atoms with van der Waals surface area (Å²) in [5.41, 5.74) is 0.179. The monoisotopic (exact) mass is 388 g/mol. The summed E-state index contributed by atoms with van der Waals surface area (Å²) in [6, 6.07) is 4.01. The van der Waals surface area contributed by atoms with E-state index in [1.807, 2.05) is 17.0 Å². The molecular formula is C21H32N4O3. The standard InChI is InChI=1S/C21H32N4O3/c1-17(26)23-19-5-11-24(12-6-19)16-21(28)7-3-10-25(13-8-21)20(27)14-18-4-2-9-22-15-18/h2,4,9,15,19,28H,3,5-8,10-14,16H2,1H3,(H,23,26)/t21-/m0/s1. The molecule has 1 aromatic heterocycles. The molecule has 28 heavy (non-hydrogen) atoms. The summed E-state index contributed by atoms with van der Waals surface area (Å²) >= 11 is 0. The lowest BCUT2D eigenvalue weighted by atomic mass is 9.93. The third-order valence-electron chi connectivity index (χ3n) is 5.86. The Balaban J connectivity index is 1.47. The maximum atomic E-state index is 12.6. The molecule has 3 heterocycles. The number of carbonyl (C=O) groups excluding carboxylic acids is 2. The molecule has 154 valence electrons. The summed E-state index contributed by atoms with van der Waals surface area (Å²) in [7, 11) is 0. The summed E-state index contributed by atoms with van der Waals surface area (Å²) in [6.07, 6.45) is 7.79. The number of aliphatic hydroxyl groups is 1. The van der Waals surface area contributed by atoms with Crippen LogP contribution in [-0.2, 0) is 16.0 Å². The number of aromatic nitrogens is 1. The van der Waals surface area contributed by atoms with Crippen molar-refractivity contribution < 1.29 is 14.7 Å². The normalized spacial score (nSPS) is 24.6. The topological polar surface area (TPSA) is 85.8 Å². The number of rotatable bonds is 5. The predicted octanol–water partition coefficient (Wildman–Crippen LogP) is 0.968. The van der Waals surface area contributed by atoms with Gasteiger partial charge in [0.15, 0.2) is 0 Å². The fourth-order valence-electron chi connectivity index (χ4n) is 4.31. The van der Waals surface area contributed by atoms with E-state index in [0.29, 0.717) is 32.5 Å². The Morgan fingerprint density at radius 3 is 2.71 bits per heavy atom. The molecule has 0 bridgehead atoms.